The van der Waals surface area contributed by atoms with Crippen LogP contribution in [0.5, 0.6) is 0 Å². The monoisotopic (exact) mass is 156 g/mol. The van der Waals surface area contributed by atoms with E-state index < -0.39 is 0 Å². The summed E-state index contributed by atoms with van der Waals surface area (Å²) in [5.41, 5.74) is -0.216. The number of hydrogen-bond acceptors (Lipinski definition) is 2. The molecule has 0 unspecified atom stereocenters. The van der Waals surface area contributed by atoms with E-state index in [-0.39, 0.29) is 11.0 Å². The second-order valence-corrected chi connectivity index (χ2v) is 4.53. The first-order valence-corrected chi connectivity index (χ1v) is 4.08. The highest BCUT2D eigenvalue weighted by Gasteiger charge is 2.44. The minimum absolute atomic E-state index is 0.165. The van der Waals surface area contributed by atoms with Crippen LogP contribution in [0.2, 0.25) is 0 Å². The van der Waals surface area contributed by atoms with Crippen LogP contribution in [0, 0.1) is 5.41 Å². The van der Waals surface area contributed by atoms with Gasteiger partial charge in [0.15, 0.2) is 6.29 Å². The molecule has 1 aliphatic carbocycles. The van der Waals surface area contributed by atoms with Gasteiger partial charge in [-0.3, -0.25) is 0 Å². The van der Waals surface area contributed by atoms with Crippen LogP contribution in [0.4, 0.5) is 0 Å². The average Bonchev–Trinajstić information content (AvgIpc) is 2.63. The Labute approximate surface area is 67.9 Å². The molecule has 64 valence electrons. The topological polar surface area (TPSA) is 26.3 Å². The Bertz CT molecular complexity index is 151. The Morgan fingerprint density at radius 3 is 2.27 bits per heavy atom. The lowest BCUT2D eigenvalue weighted by atomic mass is 9.98. The van der Waals surface area contributed by atoms with Crippen LogP contribution in [0.1, 0.15) is 33.6 Å². The number of aldehydes is 1. The van der Waals surface area contributed by atoms with Crippen LogP contribution in [0.25, 0.3) is 0 Å². The van der Waals surface area contributed by atoms with Crippen molar-refractivity contribution in [2.45, 2.75) is 39.2 Å². The molecule has 1 fully saturated rings. The molecule has 0 heterocycles. The van der Waals surface area contributed by atoms with Crippen LogP contribution < -0.4 is 0 Å². The summed E-state index contributed by atoms with van der Waals surface area (Å²) in [6.07, 6.45) is 2.76. The molecule has 2 heteroatoms. The zero-order valence-electron chi connectivity index (χ0n) is 7.52. The van der Waals surface area contributed by atoms with E-state index in [1.807, 2.05) is 0 Å². The Morgan fingerprint density at radius 1 is 1.45 bits per heavy atom. The standard InChI is InChI=1S/C9H16O2/c1-8(2,3)7-11-9(6-10)4-5-9/h6H,4-5,7H2,1-3H3. The third kappa shape index (κ3) is 2.62. The SMILES string of the molecule is CC(C)(C)COC1(C=O)CC1. The highest BCUT2D eigenvalue weighted by atomic mass is 16.5. The zero-order valence-corrected chi connectivity index (χ0v) is 7.52. The molecule has 0 aliphatic heterocycles. The maximum absolute atomic E-state index is 10.5. The molecule has 0 spiro atoms. The lowest BCUT2D eigenvalue weighted by Crippen LogP contribution is -2.23. The van der Waals surface area contributed by atoms with Crippen molar-refractivity contribution >= 4 is 6.29 Å². The number of carbonyl (C=O) groups is 1. The van der Waals surface area contributed by atoms with E-state index in [4.69, 9.17) is 4.74 Å². The average molecular weight is 156 g/mol. The maximum Gasteiger partial charge on any atom is 0.151 e. The van der Waals surface area contributed by atoms with Gasteiger partial charge in [0.05, 0.1) is 6.61 Å². The van der Waals surface area contributed by atoms with E-state index in [1.165, 1.54) is 0 Å². The minimum Gasteiger partial charge on any atom is -0.367 e. The normalized spacial score (nSPS) is 21.4. The quantitative estimate of drug-likeness (QED) is 0.582. The number of ether oxygens (including phenoxy) is 1. The lowest BCUT2D eigenvalue weighted by Gasteiger charge is -2.20. The molecule has 1 saturated carbocycles. The molecule has 0 saturated heterocycles. The van der Waals surface area contributed by atoms with Gasteiger partial charge in [-0.2, -0.15) is 0 Å². The van der Waals surface area contributed by atoms with Gasteiger partial charge in [0.25, 0.3) is 0 Å². The van der Waals surface area contributed by atoms with E-state index >= 15 is 0 Å². The van der Waals surface area contributed by atoms with E-state index in [0.717, 1.165) is 19.1 Å². The lowest BCUT2D eigenvalue weighted by molar-refractivity contribution is -0.122. The number of carbonyl (C=O) groups excluding carboxylic acids is 1. The molecule has 0 atom stereocenters. The summed E-state index contributed by atoms with van der Waals surface area (Å²) in [5.74, 6) is 0. The van der Waals surface area contributed by atoms with Crippen molar-refractivity contribution in [2.24, 2.45) is 5.41 Å². The van der Waals surface area contributed by atoms with Gasteiger partial charge in [0.1, 0.15) is 5.60 Å². The summed E-state index contributed by atoms with van der Waals surface area (Å²) in [7, 11) is 0. The zero-order chi connectivity index (χ0) is 8.54. The summed E-state index contributed by atoms with van der Waals surface area (Å²) in [6.45, 7) is 6.99. The van der Waals surface area contributed by atoms with Crippen LogP contribution in [0.3, 0.4) is 0 Å². The van der Waals surface area contributed by atoms with Crippen molar-refractivity contribution in [3.63, 3.8) is 0 Å². The molecular weight excluding hydrogens is 140 g/mol. The van der Waals surface area contributed by atoms with Gasteiger partial charge in [0.2, 0.25) is 0 Å². The van der Waals surface area contributed by atoms with Crippen molar-refractivity contribution in [2.75, 3.05) is 6.61 Å². The van der Waals surface area contributed by atoms with E-state index in [2.05, 4.69) is 20.8 Å². The Balaban J connectivity index is 2.27. The van der Waals surface area contributed by atoms with Gasteiger partial charge >= 0.3 is 0 Å². The van der Waals surface area contributed by atoms with Gasteiger partial charge < -0.3 is 9.53 Å². The van der Waals surface area contributed by atoms with E-state index in [1.54, 1.807) is 0 Å². The number of hydrogen-bond donors (Lipinski definition) is 0. The summed E-state index contributed by atoms with van der Waals surface area (Å²) >= 11 is 0. The molecule has 0 amide bonds. The van der Waals surface area contributed by atoms with Crippen molar-refractivity contribution in [1.82, 2.24) is 0 Å². The third-order valence-electron chi connectivity index (χ3n) is 1.75. The molecule has 2 nitrogen and oxygen atoms in total. The molecule has 0 aromatic heterocycles. The smallest absolute Gasteiger partial charge is 0.151 e. The predicted octanol–water partition coefficient (Wildman–Crippen LogP) is 1.78. The predicted molar refractivity (Wildman–Crippen MR) is 43.4 cm³/mol. The molecule has 0 radical (unpaired) electrons. The largest absolute Gasteiger partial charge is 0.367 e. The van der Waals surface area contributed by atoms with E-state index in [9.17, 15) is 4.79 Å². The summed E-state index contributed by atoms with van der Waals surface area (Å²) < 4.78 is 5.49. The first-order valence-electron chi connectivity index (χ1n) is 4.08. The highest BCUT2D eigenvalue weighted by molar-refractivity contribution is 5.66. The summed E-state index contributed by atoms with van der Waals surface area (Å²) in [6, 6.07) is 0. The van der Waals surface area contributed by atoms with Gasteiger partial charge in [-0.25, -0.2) is 0 Å². The molecule has 1 aliphatic rings. The van der Waals surface area contributed by atoms with Gasteiger partial charge in [-0.1, -0.05) is 20.8 Å². The van der Waals surface area contributed by atoms with Gasteiger partial charge in [-0.15, -0.1) is 0 Å². The van der Waals surface area contributed by atoms with Gasteiger partial charge in [-0.05, 0) is 18.3 Å². The molecule has 0 aromatic carbocycles. The Hall–Kier alpha value is -0.370. The first kappa shape index (κ1) is 8.72. The van der Waals surface area contributed by atoms with Gasteiger partial charge in [0, 0.05) is 0 Å². The Morgan fingerprint density at radius 2 is 2.00 bits per heavy atom. The molecule has 0 bridgehead atoms. The molecule has 0 aromatic rings. The summed E-state index contributed by atoms with van der Waals surface area (Å²) in [4.78, 5) is 10.5. The minimum atomic E-state index is -0.382. The fourth-order valence-corrected chi connectivity index (χ4v) is 0.780. The second kappa shape index (κ2) is 2.59. The van der Waals surface area contributed by atoms with Crippen LogP contribution >= 0.6 is 0 Å². The van der Waals surface area contributed by atoms with Crippen LogP contribution in [0.15, 0.2) is 0 Å². The van der Waals surface area contributed by atoms with E-state index in [0.29, 0.717) is 6.61 Å². The van der Waals surface area contributed by atoms with Crippen molar-refractivity contribution in [3.05, 3.63) is 0 Å². The molecule has 0 N–H and O–H groups in total. The van der Waals surface area contributed by atoms with Crippen molar-refractivity contribution in [1.29, 1.82) is 0 Å². The second-order valence-electron chi connectivity index (χ2n) is 4.53. The first-order chi connectivity index (χ1) is 4.97. The fraction of sp³-hybridized carbons (Fsp3) is 0.889. The molecule has 1 rings (SSSR count). The summed E-state index contributed by atoms with van der Waals surface area (Å²) in [5, 5.41) is 0. The van der Waals surface area contributed by atoms with Crippen LogP contribution in [-0.4, -0.2) is 18.5 Å². The third-order valence-corrected chi connectivity index (χ3v) is 1.75. The van der Waals surface area contributed by atoms with Crippen LogP contribution in [-0.2, 0) is 9.53 Å². The fourth-order valence-electron chi connectivity index (χ4n) is 0.780. The highest BCUT2D eigenvalue weighted by Crippen LogP contribution is 2.38. The molecular formula is C9H16O2. The molecule has 11 heavy (non-hydrogen) atoms. The van der Waals surface area contributed by atoms with Crippen molar-refractivity contribution in [3.8, 4) is 0 Å². The maximum atomic E-state index is 10.5. The number of rotatable bonds is 3. The van der Waals surface area contributed by atoms with Crippen molar-refractivity contribution < 1.29 is 9.53 Å². The Kier molecular flexibility index (Phi) is 2.06.